The molecule has 0 amide bonds. The standard InChI is InChI=1S/C18H10BrF2N5O/c19-13-4-12(7-23-8-13)18-25-24-16(27-18)9-26-14-2-1-10(6-22)3-11(14)5-15(26)17(20)21/h1-5,7-8,17H,9H2. The lowest BCUT2D eigenvalue weighted by Gasteiger charge is -2.07. The van der Waals surface area contributed by atoms with Gasteiger partial charge in [0.1, 0.15) is 6.54 Å². The highest BCUT2D eigenvalue weighted by atomic mass is 79.9. The topological polar surface area (TPSA) is 80.5 Å². The summed E-state index contributed by atoms with van der Waals surface area (Å²) in [5, 5.41) is 17.5. The predicted molar refractivity (Wildman–Crippen MR) is 95.9 cm³/mol. The normalized spacial score (nSPS) is 11.2. The summed E-state index contributed by atoms with van der Waals surface area (Å²) in [7, 11) is 0. The van der Waals surface area contributed by atoms with Crippen LogP contribution in [0.5, 0.6) is 0 Å². The van der Waals surface area contributed by atoms with E-state index in [-0.39, 0.29) is 24.0 Å². The Morgan fingerprint density at radius 1 is 1.19 bits per heavy atom. The van der Waals surface area contributed by atoms with Crippen LogP contribution in [0.25, 0.3) is 22.4 Å². The lowest BCUT2D eigenvalue weighted by Crippen LogP contribution is -2.05. The van der Waals surface area contributed by atoms with E-state index in [1.807, 2.05) is 6.07 Å². The Morgan fingerprint density at radius 2 is 2.04 bits per heavy atom. The van der Waals surface area contributed by atoms with Gasteiger partial charge in [-0.3, -0.25) is 4.98 Å². The Labute approximate surface area is 160 Å². The van der Waals surface area contributed by atoms with Crippen LogP contribution < -0.4 is 0 Å². The average Bonchev–Trinajstić information content (AvgIpc) is 3.27. The zero-order valence-corrected chi connectivity index (χ0v) is 15.2. The summed E-state index contributed by atoms with van der Waals surface area (Å²) in [5.74, 6) is 0.439. The van der Waals surface area contributed by atoms with Crippen LogP contribution in [0, 0.1) is 11.3 Å². The molecule has 0 aliphatic heterocycles. The highest BCUT2D eigenvalue weighted by Crippen LogP contribution is 2.29. The first kappa shape index (κ1) is 17.3. The van der Waals surface area contributed by atoms with Crippen LogP contribution in [0.4, 0.5) is 8.78 Å². The molecule has 0 N–H and O–H groups in total. The van der Waals surface area contributed by atoms with Crippen molar-refractivity contribution >= 4 is 26.8 Å². The first-order valence-corrected chi connectivity index (χ1v) is 8.59. The van der Waals surface area contributed by atoms with Crippen LogP contribution in [0.15, 0.2) is 51.6 Å². The Bertz CT molecular complexity index is 1180. The number of rotatable bonds is 4. The van der Waals surface area contributed by atoms with E-state index in [2.05, 4.69) is 31.1 Å². The molecule has 3 heterocycles. The molecule has 0 saturated heterocycles. The first-order valence-electron chi connectivity index (χ1n) is 7.80. The van der Waals surface area contributed by atoms with Crippen molar-refractivity contribution in [3.05, 3.63) is 64.3 Å². The molecule has 6 nitrogen and oxygen atoms in total. The molecule has 9 heteroatoms. The van der Waals surface area contributed by atoms with Gasteiger partial charge in [-0.15, -0.1) is 10.2 Å². The maximum absolute atomic E-state index is 13.5. The second-order valence-electron chi connectivity index (χ2n) is 5.73. The van der Waals surface area contributed by atoms with Gasteiger partial charge in [0.25, 0.3) is 6.43 Å². The molecule has 0 atom stereocenters. The molecule has 1 aromatic carbocycles. The zero-order valence-electron chi connectivity index (χ0n) is 13.6. The van der Waals surface area contributed by atoms with Gasteiger partial charge < -0.3 is 8.98 Å². The number of pyridine rings is 1. The van der Waals surface area contributed by atoms with Crippen molar-refractivity contribution < 1.29 is 13.2 Å². The SMILES string of the molecule is N#Cc1ccc2c(c1)cc(C(F)F)n2Cc1nnc(-c2cncc(Br)c2)o1. The van der Waals surface area contributed by atoms with Crippen LogP contribution in [0.3, 0.4) is 0 Å². The zero-order chi connectivity index (χ0) is 19.0. The van der Waals surface area contributed by atoms with Gasteiger partial charge in [0.15, 0.2) is 0 Å². The molecule has 0 unspecified atom stereocenters. The van der Waals surface area contributed by atoms with Crippen molar-refractivity contribution in [3.8, 4) is 17.5 Å². The summed E-state index contributed by atoms with van der Waals surface area (Å²) < 4.78 is 34.8. The van der Waals surface area contributed by atoms with Crippen molar-refractivity contribution in [2.45, 2.75) is 13.0 Å². The van der Waals surface area contributed by atoms with Crippen LogP contribution in [0.1, 0.15) is 23.6 Å². The van der Waals surface area contributed by atoms with Crippen molar-refractivity contribution in [1.82, 2.24) is 19.7 Å². The van der Waals surface area contributed by atoms with E-state index in [1.54, 1.807) is 36.7 Å². The van der Waals surface area contributed by atoms with Crippen molar-refractivity contribution in [2.24, 2.45) is 0 Å². The number of hydrogen-bond donors (Lipinski definition) is 0. The molecule has 0 aliphatic rings. The molecular weight excluding hydrogens is 420 g/mol. The number of aromatic nitrogens is 4. The van der Waals surface area contributed by atoms with Crippen molar-refractivity contribution in [2.75, 3.05) is 0 Å². The fourth-order valence-electron chi connectivity index (χ4n) is 2.82. The number of benzene rings is 1. The molecule has 0 aliphatic carbocycles. The van der Waals surface area contributed by atoms with E-state index < -0.39 is 6.43 Å². The Hall–Kier alpha value is -3.12. The summed E-state index contributed by atoms with van der Waals surface area (Å²) in [6.07, 6.45) is 0.512. The summed E-state index contributed by atoms with van der Waals surface area (Å²) >= 11 is 3.32. The van der Waals surface area contributed by atoms with Crippen LogP contribution in [0.2, 0.25) is 0 Å². The minimum Gasteiger partial charge on any atom is -0.419 e. The van der Waals surface area contributed by atoms with Crippen LogP contribution in [-0.2, 0) is 6.54 Å². The van der Waals surface area contributed by atoms with E-state index in [4.69, 9.17) is 9.68 Å². The van der Waals surface area contributed by atoms with Gasteiger partial charge in [0.2, 0.25) is 11.8 Å². The van der Waals surface area contributed by atoms with Gasteiger partial charge in [-0.25, -0.2) is 8.78 Å². The first-order chi connectivity index (χ1) is 13.0. The lowest BCUT2D eigenvalue weighted by atomic mass is 10.2. The summed E-state index contributed by atoms with van der Waals surface area (Å²) in [6.45, 7) is -0.0104. The minimum absolute atomic E-state index is 0.0104. The highest BCUT2D eigenvalue weighted by molar-refractivity contribution is 9.10. The molecule has 134 valence electrons. The highest BCUT2D eigenvalue weighted by Gasteiger charge is 2.19. The third-order valence-corrected chi connectivity index (χ3v) is 4.43. The summed E-state index contributed by atoms with van der Waals surface area (Å²) in [4.78, 5) is 4.03. The largest absolute Gasteiger partial charge is 0.419 e. The molecule has 0 radical (unpaired) electrons. The maximum Gasteiger partial charge on any atom is 0.278 e. The fourth-order valence-corrected chi connectivity index (χ4v) is 3.18. The van der Waals surface area contributed by atoms with Gasteiger partial charge >= 0.3 is 0 Å². The lowest BCUT2D eigenvalue weighted by molar-refractivity contribution is 0.141. The van der Waals surface area contributed by atoms with E-state index >= 15 is 0 Å². The molecule has 0 spiro atoms. The molecule has 4 aromatic rings. The summed E-state index contributed by atoms with van der Waals surface area (Å²) in [5.41, 5.74) is 1.41. The quantitative estimate of drug-likeness (QED) is 0.469. The van der Waals surface area contributed by atoms with E-state index in [9.17, 15) is 8.78 Å². The number of fused-ring (bicyclic) bond motifs is 1. The smallest absolute Gasteiger partial charge is 0.278 e. The van der Waals surface area contributed by atoms with E-state index in [0.717, 1.165) is 4.47 Å². The third-order valence-electron chi connectivity index (χ3n) is 4.00. The second-order valence-corrected chi connectivity index (χ2v) is 6.65. The monoisotopic (exact) mass is 429 g/mol. The van der Waals surface area contributed by atoms with Crippen LogP contribution in [-0.4, -0.2) is 19.7 Å². The molecule has 0 saturated carbocycles. The van der Waals surface area contributed by atoms with E-state index in [0.29, 0.717) is 22.0 Å². The number of nitrogens with zero attached hydrogens (tertiary/aromatic N) is 5. The third kappa shape index (κ3) is 3.31. The molecule has 0 bridgehead atoms. The maximum atomic E-state index is 13.5. The van der Waals surface area contributed by atoms with E-state index in [1.165, 1.54) is 10.6 Å². The predicted octanol–water partition coefficient (Wildman–Crippen LogP) is 4.71. The fraction of sp³-hybridized carbons (Fsp3) is 0.111. The molecular formula is C18H10BrF2N5O. The molecule has 3 aromatic heterocycles. The number of hydrogen-bond acceptors (Lipinski definition) is 5. The molecule has 0 fully saturated rings. The molecule has 27 heavy (non-hydrogen) atoms. The second kappa shape index (κ2) is 6.89. The van der Waals surface area contributed by atoms with Crippen LogP contribution >= 0.6 is 15.9 Å². The van der Waals surface area contributed by atoms with Crippen molar-refractivity contribution in [1.29, 1.82) is 5.26 Å². The average molecular weight is 430 g/mol. The Balaban J connectivity index is 1.73. The van der Waals surface area contributed by atoms with Gasteiger partial charge in [-0.1, -0.05) is 0 Å². The minimum atomic E-state index is -2.68. The van der Waals surface area contributed by atoms with Crippen molar-refractivity contribution in [3.63, 3.8) is 0 Å². The number of halogens is 3. The Morgan fingerprint density at radius 3 is 2.78 bits per heavy atom. The number of alkyl halides is 2. The summed E-state index contributed by atoms with van der Waals surface area (Å²) in [6, 6.07) is 9.94. The van der Waals surface area contributed by atoms with Gasteiger partial charge in [0.05, 0.1) is 22.9 Å². The van der Waals surface area contributed by atoms with Gasteiger partial charge in [0, 0.05) is 27.8 Å². The molecule has 4 rings (SSSR count). The Kier molecular flexibility index (Phi) is 4.41. The van der Waals surface area contributed by atoms with Gasteiger partial charge in [-0.2, -0.15) is 5.26 Å². The number of nitriles is 1. The van der Waals surface area contributed by atoms with Gasteiger partial charge in [-0.05, 0) is 46.3 Å².